The summed E-state index contributed by atoms with van der Waals surface area (Å²) in [5, 5.41) is 0. The molecule has 0 aliphatic heterocycles. The normalized spacial score (nSPS) is 13.5. The van der Waals surface area contributed by atoms with Gasteiger partial charge in [-0.3, -0.25) is 4.79 Å². The van der Waals surface area contributed by atoms with E-state index in [1.165, 1.54) is 4.31 Å². The number of hydrogen-bond acceptors (Lipinski definition) is 4. The molecule has 0 radical (unpaired) electrons. The van der Waals surface area contributed by atoms with Crippen LogP contribution in [0.15, 0.2) is 53.4 Å². The minimum atomic E-state index is -3.94. The molecule has 1 atom stereocenters. The minimum Gasteiger partial charge on any atom is -0.459 e. The summed E-state index contributed by atoms with van der Waals surface area (Å²) < 4.78 is 34.2. The van der Waals surface area contributed by atoms with Crippen LogP contribution < -0.4 is 0 Å². The van der Waals surface area contributed by atoms with Gasteiger partial charge in [0.15, 0.2) is 0 Å². The van der Waals surface area contributed by atoms with Crippen molar-refractivity contribution in [3.8, 4) is 0 Å². The summed E-state index contributed by atoms with van der Waals surface area (Å²) in [6.07, 6.45) is 0. The summed E-state index contributed by atoms with van der Waals surface area (Å²) in [5.41, 5.74) is 2.14. The molecule has 0 saturated heterocycles. The first-order valence-corrected chi connectivity index (χ1v) is 11.6. The highest BCUT2D eigenvalue weighted by Crippen LogP contribution is 2.27. The maximum atomic E-state index is 13.6. The third-order valence-electron chi connectivity index (χ3n) is 4.68. The summed E-state index contributed by atoms with van der Waals surface area (Å²) in [4.78, 5) is 13.3. The van der Waals surface area contributed by atoms with Crippen LogP contribution in [-0.2, 0) is 26.1 Å². The minimum absolute atomic E-state index is 0.0819. The number of esters is 1. The van der Waals surface area contributed by atoms with E-state index in [9.17, 15) is 13.2 Å². The molecule has 0 fully saturated rings. The maximum absolute atomic E-state index is 13.6. The molecule has 0 aliphatic rings. The van der Waals surface area contributed by atoms with Crippen molar-refractivity contribution in [2.45, 2.75) is 71.5 Å². The van der Waals surface area contributed by atoms with E-state index in [-0.39, 0.29) is 17.4 Å². The van der Waals surface area contributed by atoms with Crippen LogP contribution in [-0.4, -0.2) is 30.3 Å². The molecule has 2 rings (SSSR count). The molecule has 30 heavy (non-hydrogen) atoms. The van der Waals surface area contributed by atoms with Gasteiger partial charge >= 0.3 is 5.97 Å². The quantitative estimate of drug-likeness (QED) is 0.587. The molecule has 0 N–H and O–H groups in total. The lowest BCUT2D eigenvalue weighted by Gasteiger charge is -2.34. The smallest absolute Gasteiger partial charge is 0.325 e. The molecular weight excluding hydrogens is 398 g/mol. The van der Waals surface area contributed by atoms with E-state index in [1.807, 2.05) is 52.0 Å². The Morgan fingerprint density at radius 1 is 0.933 bits per heavy atom. The van der Waals surface area contributed by atoms with Gasteiger partial charge in [0.05, 0.1) is 4.90 Å². The first kappa shape index (κ1) is 24.1. The highest BCUT2D eigenvalue weighted by Gasteiger charge is 2.40. The number of carbonyl (C=O) groups excluding carboxylic acids is 1. The fourth-order valence-electron chi connectivity index (χ4n) is 3.14. The number of carbonyl (C=O) groups is 1. The average molecular weight is 432 g/mol. The largest absolute Gasteiger partial charge is 0.459 e. The van der Waals surface area contributed by atoms with Crippen molar-refractivity contribution in [2.75, 3.05) is 0 Å². The van der Waals surface area contributed by atoms with Crippen LogP contribution in [0.5, 0.6) is 0 Å². The lowest BCUT2D eigenvalue weighted by Crippen LogP contribution is -2.49. The molecule has 0 aromatic heterocycles. The van der Waals surface area contributed by atoms with Gasteiger partial charge in [0.1, 0.15) is 11.6 Å². The van der Waals surface area contributed by atoms with Gasteiger partial charge < -0.3 is 4.74 Å². The topological polar surface area (TPSA) is 63.7 Å². The molecule has 0 spiro atoms. The van der Waals surface area contributed by atoms with Crippen molar-refractivity contribution in [1.29, 1.82) is 0 Å². The Kier molecular flexibility index (Phi) is 7.48. The van der Waals surface area contributed by atoms with Crippen LogP contribution in [0, 0.1) is 19.8 Å². The van der Waals surface area contributed by atoms with E-state index in [4.69, 9.17) is 4.74 Å². The predicted octanol–water partition coefficient (Wildman–Crippen LogP) is 4.86. The van der Waals surface area contributed by atoms with Crippen molar-refractivity contribution in [3.05, 3.63) is 65.2 Å². The van der Waals surface area contributed by atoms with Crippen LogP contribution in [0.2, 0.25) is 0 Å². The SMILES string of the molecule is Cc1ccc(CN([C@H](C(=O)OC(C)(C)C)C(C)C)S(=O)(=O)c2ccc(C)cc2)cc1. The van der Waals surface area contributed by atoms with Gasteiger partial charge in [-0.1, -0.05) is 61.4 Å². The van der Waals surface area contributed by atoms with Gasteiger partial charge in [-0.15, -0.1) is 0 Å². The summed E-state index contributed by atoms with van der Waals surface area (Å²) in [6.45, 7) is 13.0. The van der Waals surface area contributed by atoms with Gasteiger partial charge in [-0.25, -0.2) is 8.42 Å². The van der Waals surface area contributed by atoms with E-state index in [1.54, 1.807) is 45.0 Å². The Morgan fingerprint density at radius 2 is 1.40 bits per heavy atom. The number of hydrogen-bond donors (Lipinski definition) is 0. The molecular formula is C24H33NO4S. The average Bonchev–Trinajstić information content (AvgIpc) is 2.61. The lowest BCUT2D eigenvalue weighted by atomic mass is 10.0. The predicted molar refractivity (Wildman–Crippen MR) is 120 cm³/mol. The number of nitrogens with zero attached hydrogens (tertiary/aromatic N) is 1. The van der Waals surface area contributed by atoms with E-state index < -0.39 is 27.6 Å². The summed E-state index contributed by atoms with van der Waals surface area (Å²) >= 11 is 0. The summed E-state index contributed by atoms with van der Waals surface area (Å²) in [7, 11) is -3.94. The second kappa shape index (κ2) is 9.31. The second-order valence-electron chi connectivity index (χ2n) is 9.07. The molecule has 2 aromatic carbocycles. The van der Waals surface area contributed by atoms with Crippen molar-refractivity contribution in [1.82, 2.24) is 4.31 Å². The molecule has 6 heteroatoms. The van der Waals surface area contributed by atoms with Gasteiger partial charge in [0, 0.05) is 6.54 Å². The van der Waals surface area contributed by atoms with Gasteiger partial charge in [0.2, 0.25) is 10.0 Å². The molecule has 0 bridgehead atoms. The maximum Gasteiger partial charge on any atom is 0.325 e. The van der Waals surface area contributed by atoms with Crippen LogP contribution in [0.4, 0.5) is 0 Å². The lowest BCUT2D eigenvalue weighted by molar-refractivity contribution is -0.161. The van der Waals surface area contributed by atoms with Gasteiger partial charge in [-0.05, 0) is 58.2 Å². The zero-order chi connectivity index (χ0) is 22.7. The van der Waals surface area contributed by atoms with Crippen molar-refractivity contribution >= 4 is 16.0 Å². The van der Waals surface area contributed by atoms with Gasteiger partial charge in [0.25, 0.3) is 0 Å². The zero-order valence-corrected chi connectivity index (χ0v) is 19.8. The summed E-state index contributed by atoms with van der Waals surface area (Å²) in [5.74, 6) is -0.814. The van der Waals surface area contributed by atoms with E-state index in [0.717, 1.165) is 16.7 Å². The highest BCUT2D eigenvalue weighted by molar-refractivity contribution is 7.89. The molecule has 0 heterocycles. The molecule has 0 aliphatic carbocycles. The van der Waals surface area contributed by atoms with Crippen LogP contribution in [0.3, 0.4) is 0 Å². The van der Waals surface area contributed by atoms with Crippen molar-refractivity contribution < 1.29 is 17.9 Å². The van der Waals surface area contributed by atoms with E-state index >= 15 is 0 Å². The fraction of sp³-hybridized carbons (Fsp3) is 0.458. The molecule has 0 saturated carbocycles. The van der Waals surface area contributed by atoms with Gasteiger partial charge in [-0.2, -0.15) is 4.31 Å². The standard InChI is InChI=1S/C24H33NO4S/c1-17(2)22(23(26)29-24(5,6)7)25(16-20-12-8-18(3)9-13-20)30(27,28)21-14-10-19(4)11-15-21/h8-15,17,22H,16H2,1-7H3/t22-/m0/s1. The zero-order valence-electron chi connectivity index (χ0n) is 19.0. The van der Waals surface area contributed by atoms with Crippen molar-refractivity contribution in [3.63, 3.8) is 0 Å². The molecule has 164 valence electrons. The number of sulfonamides is 1. The first-order valence-electron chi connectivity index (χ1n) is 10.2. The van der Waals surface area contributed by atoms with Crippen LogP contribution in [0.1, 0.15) is 51.3 Å². The Morgan fingerprint density at radius 3 is 1.83 bits per heavy atom. The molecule has 5 nitrogen and oxygen atoms in total. The number of benzene rings is 2. The third kappa shape index (κ3) is 6.16. The summed E-state index contributed by atoms with van der Waals surface area (Å²) in [6, 6.07) is 13.4. The number of aryl methyl sites for hydroxylation is 2. The monoisotopic (exact) mass is 431 g/mol. The Balaban J connectivity index is 2.56. The Hall–Kier alpha value is -2.18. The molecule has 2 aromatic rings. The van der Waals surface area contributed by atoms with E-state index in [0.29, 0.717) is 0 Å². The van der Waals surface area contributed by atoms with Crippen LogP contribution >= 0.6 is 0 Å². The second-order valence-corrected chi connectivity index (χ2v) is 11.0. The first-order chi connectivity index (χ1) is 13.8. The highest BCUT2D eigenvalue weighted by atomic mass is 32.2. The number of ether oxygens (including phenoxy) is 1. The Labute approximate surface area is 181 Å². The van der Waals surface area contributed by atoms with E-state index in [2.05, 4.69) is 0 Å². The molecule has 0 unspecified atom stereocenters. The van der Waals surface area contributed by atoms with Crippen LogP contribution in [0.25, 0.3) is 0 Å². The third-order valence-corrected chi connectivity index (χ3v) is 6.52. The fourth-order valence-corrected chi connectivity index (χ4v) is 4.83. The Bertz CT molecular complexity index is 956. The number of rotatable bonds is 7. The van der Waals surface area contributed by atoms with Crippen molar-refractivity contribution in [2.24, 2.45) is 5.92 Å². The molecule has 0 amide bonds.